The van der Waals surface area contributed by atoms with Crippen LogP contribution in [-0.2, 0) is 9.47 Å². The Labute approximate surface area is 120 Å². The summed E-state index contributed by atoms with van der Waals surface area (Å²) in [4.78, 5) is 23.0. The molecule has 0 aliphatic carbocycles. The summed E-state index contributed by atoms with van der Waals surface area (Å²) in [6.45, 7) is 5.34. The van der Waals surface area contributed by atoms with Crippen molar-refractivity contribution in [3.05, 3.63) is 28.2 Å². The molecule has 1 rings (SSSR count). The molecule has 1 amide bonds. The van der Waals surface area contributed by atoms with Crippen molar-refractivity contribution in [3.8, 4) is 0 Å². The summed E-state index contributed by atoms with van der Waals surface area (Å²) in [6, 6.07) is 4.76. The third-order valence-electron chi connectivity index (χ3n) is 2.02. The second-order valence-electron chi connectivity index (χ2n) is 4.81. The molecule has 0 saturated carbocycles. The van der Waals surface area contributed by atoms with E-state index in [1.54, 1.807) is 39.0 Å². The van der Waals surface area contributed by atoms with Crippen molar-refractivity contribution in [3.63, 3.8) is 0 Å². The molecule has 0 unspecified atom stereocenters. The van der Waals surface area contributed by atoms with Gasteiger partial charge in [0, 0.05) is 10.2 Å². The molecule has 0 aliphatic rings. The zero-order valence-corrected chi connectivity index (χ0v) is 12.8. The molecule has 0 fully saturated rings. The Morgan fingerprint density at radius 3 is 2.37 bits per heavy atom. The second-order valence-corrected chi connectivity index (χ2v) is 5.67. The molecule has 0 heterocycles. The minimum atomic E-state index is -0.562. The van der Waals surface area contributed by atoms with Gasteiger partial charge in [-0.3, -0.25) is 5.32 Å². The highest BCUT2D eigenvalue weighted by Crippen LogP contribution is 2.22. The Balaban J connectivity index is 2.79. The Morgan fingerprint density at radius 1 is 1.26 bits per heavy atom. The number of hydrogen-bond donors (Lipinski definition) is 1. The first-order chi connectivity index (χ1) is 8.73. The molecule has 5 nitrogen and oxygen atoms in total. The van der Waals surface area contributed by atoms with Crippen LogP contribution in [0.25, 0.3) is 0 Å². The van der Waals surface area contributed by atoms with Gasteiger partial charge in [-0.05, 0) is 54.9 Å². The number of benzene rings is 1. The fourth-order valence-corrected chi connectivity index (χ4v) is 1.83. The number of ether oxygens (including phenoxy) is 2. The van der Waals surface area contributed by atoms with E-state index in [9.17, 15) is 9.59 Å². The lowest BCUT2D eigenvalue weighted by molar-refractivity contribution is 0.0598. The van der Waals surface area contributed by atoms with Gasteiger partial charge >= 0.3 is 12.1 Å². The van der Waals surface area contributed by atoms with E-state index in [-0.39, 0.29) is 0 Å². The highest BCUT2D eigenvalue weighted by Gasteiger charge is 2.17. The normalized spacial score (nSPS) is 10.8. The summed E-state index contributed by atoms with van der Waals surface area (Å²) in [5, 5.41) is 2.58. The van der Waals surface area contributed by atoms with Gasteiger partial charge in [-0.25, -0.2) is 9.59 Å². The third kappa shape index (κ3) is 4.90. The summed E-state index contributed by atoms with van der Waals surface area (Å²) in [5.74, 6) is -0.448. The Bertz CT molecular complexity index is 494. The van der Waals surface area contributed by atoms with Crippen LogP contribution in [0.5, 0.6) is 0 Å². The van der Waals surface area contributed by atoms with E-state index >= 15 is 0 Å². The summed E-state index contributed by atoms with van der Waals surface area (Å²) in [6.07, 6.45) is -0.551. The van der Waals surface area contributed by atoms with Crippen LogP contribution in [0.15, 0.2) is 22.7 Å². The lowest BCUT2D eigenvalue weighted by Crippen LogP contribution is -2.27. The second kappa shape index (κ2) is 6.06. The van der Waals surface area contributed by atoms with Crippen LogP contribution in [-0.4, -0.2) is 24.8 Å². The summed E-state index contributed by atoms with van der Waals surface area (Å²) in [7, 11) is 1.31. The quantitative estimate of drug-likeness (QED) is 0.842. The molecular weight excluding hydrogens is 314 g/mol. The Kier molecular flexibility index (Phi) is 4.94. The monoisotopic (exact) mass is 329 g/mol. The summed E-state index contributed by atoms with van der Waals surface area (Å²) in [5.41, 5.74) is 0.346. The summed E-state index contributed by atoms with van der Waals surface area (Å²) < 4.78 is 10.3. The molecule has 1 N–H and O–H groups in total. The number of carbonyl (C=O) groups is 2. The molecule has 1 aromatic rings. The molecule has 0 spiro atoms. The average Bonchev–Trinajstić information content (AvgIpc) is 2.25. The number of esters is 1. The molecule has 0 saturated heterocycles. The number of nitrogens with one attached hydrogen (secondary N) is 1. The van der Waals surface area contributed by atoms with Gasteiger partial charge in [-0.2, -0.15) is 0 Å². The van der Waals surface area contributed by atoms with Crippen molar-refractivity contribution in [2.24, 2.45) is 0 Å². The first kappa shape index (κ1) is 15.5. The largest absolute Gasteiger partial charge is 0.465 e. The predicted molar refractivity (Wildman–Crippen MR) is 75.3 cm³/mol. The SMILES string of the molecule is COC(=O)c1ccc(NC(=O)OC(C)(C)C)cc1Br. The van der Waals surface area contributed by atoms with Crippen LogP contribution < -0.4 is 5.32 Å². The number of carbonyl (C=O) groups excluding carboxylic acids is 2. The van der Waals surface area contributed by atoms with Gasteiger partial charge in [-0.15, -0.1) is 0 Å². The number of amides is 1. The first-order valence-electron chi connectivity index (χ1n) is 5.61. The van der Waals surface area contributed by atoms with E-state index < -0.39 is 17.7 Å². The first-order valence-corrected chi connectivity index (χ1v) is 6.40. The highest BCUT2D eigenvalue weighted by atomic mass is 79.9. The fraction of sp³-hybridized carbons (Fsp3) is 0.385. The maximum absolute atomic E-state index is 11.6. The topological polar surface area (TPSA) is 64.6 Å². The Hall–Kier alpha value is -1.56. The molecule has 19 heavy (non-hydrogen) atoms. The standard InChI is InChI=1S/C13H16BrNO4/c1-13(2,3)19-12(17)15-8-5-6-9(10(14)7-8)11(16)18-4/h5-7H,1-4H3,(H,15,17). The maximum Gasteiger partial charge on any atom is 0.412 e. The van der Waals surface area contributed by atoms with Gasteiger partial charge in [0.2, 0.25) is 0 Å². The van der Waals surface area contributed by atoms with Crippen molar-refractivity contribution >= 4 is 33.7 Å². The molecule has 0 atom stereocenters. The molecule has 0 bridgehead atoms. The molecule has 0 radical (unpaired) electrons. The molecule has 6 heteroatoms. The number of anilines is 1. The molecular formula is C13H16BrNO4. The number of hydrogen-bond acceptors (Lipinski definition) is 4. The van der Waals surface area contributed by atoms with Crippen LogP contribution in [0.2, 0.25) is 0 Å². The van der Waals surface area contributed by atoms with E-state index in [0.29, 0.717) is 15.7 Å². The van der Waals surface area contributed by atoms with Gasteiger partial charge < -0.3 is 9.47 Å². The van der Waals surface area contributed by atoms with Crippen molar-refractivity contribution in [2.75, 3.05) is 12.4 Å². The fourth-order valence-electron chi connectivity index (χ4n) is 1.29. The zero-order valence-electron chi connectivity index (χ0n) is 11.2. The van der Waals surface area contributed by atoms with E-state index in [4.69, 9.17) is 4.74 Å². The van der Waals surface area contributed by atoms with Crippen LogP contribution in [0.1, 0.15) is 31.1 Å². The van der Waals surface area contributed by atoms with Gasteiger partial charge in [0.05, 0.1) is 12.7 Å². The lowest BCUT2D eigenvalue weighted by atomic mass is 10.2. The van der Waals surface area contributed by atoms with Gasteiger partial charge in [-0.1, -0.05) is 0 Å². The van der Waals surface area contributed by atoms with Gasteiger partial charge in [0.25, 0.3) is 0 Å². The van der Waals surface area contributed by atoms with Gasteiger partial charge in [0.1, 0.15) is 5.60 Å². The summed E-state index contributed by atoms with van der Waals surface area (Å²) >= 11 is 3.25. The van der Waals surface area contributed by atoms with E-state index in [0.717, 1.165) is 0 Å². The molecule has 1 aromatic carbocycles. The lowest BCUT2D eigenvalue weighted by Gasteiger charge is -2.19. The highest BCUT2D eigenvalue weighted by molar-refractivity contribution is 9.10. The van der Waals surface area contributed by atoms with E-state index in [1.165, 1.54) is 7.11 Å². The zero-order chi connectivity index (χ0) is 14.6. The maximum atomic E-state index is 11.6. The molecule has 0 aliphatic heterocycles. The van der Waals surface area contributed by atoms with Crippen LogP contribution in [0, 0.1) is 0 Å². The average molecular weight is 330 g/mol. The van der Waals surface area contributed by atoms with Crippen LogP contribution in [0.3, 0.4) is 0 Å². The van der Waals surface area contributed by atoms with Crippen molar-refractivity contribution < 1.29 is 19.1 Å². The van der Waals surface area contributed by atoms with Crippen LogP contribution in [0.4, 0.5) is 10.5 Å². The van der Waals surface area contributed by atoms with Crippen molar-refractivity contribution in [2.45, 2.75) is 26.4 Å². The molecule has 104 valence electrons. The number of halogens is 1. The van der Waals surface area contributed by atoms with Crippen molar-refractivity contribution in [1.82, 2.24) is 0 Å². The number of methoxy groups -OCH3 is 1. The van der Waals surface area contributed by atoms with E-state index in [2.05, 4.69) is 26.0 Å². The minimum absolute atomic E-state index is 0.386. The van der Waals surface area contributed by atoms with Gasteiger partial charge in [0.15, 0.2) is 0 Å². The number of rotatable bonds is 2. The van der Waals surface area contributed by atoms with E-state index in [1.807, 2.05) is 0 Å². The Morgan fingerprint density at radius 2 is 1.89 bits per heavy atom. The predicted octanol–water partition coefficient (Wildman–Crippen LogP) is 3.58. The third-order valence-corrected chi connectivity index (χ3v) is 2.68. The smallest absolute Gasteiger partial charge is 0.412 e. The molecule has 0 aromatic heterocycles. The van der Waals surface area contributed by atoms with Crippen LogP contribution >= 0.6 is 15.9 Å². The van der Waals surface area contributed by atoms with Crippen molar-refractivity contribution in [1.29, 1.82) is 0 Å². The minimum Gasteiger partial charge on any atom is -0.465 e.